The molecule has 2 aromatic rings. The molecule has 0 atom stereocenters. The van der Waals surface area contributed by atoms with Crippen LogP contribution in [0.3, 0.4) is 0 Å². The molecule has 1 heterocycles. The van der Waals surface area contributed by atoms with Crippen molar-refractivity contribution in [2.75, 3.05) is 32.7 Å². The zero-order valence-electron chi connectivity index (χ0n) is 17.0. The molecular weight excluding hydrogens is 407 g/mol. The Morgan fingerprint density at radius 1 is 1.03 bits per heavy atom. The lowest BCUT2D eigenvalue weighted by Crippen LogP contribution is -2.50. The molecule has 9 heteroatoms. The molecule has 2 aromatic carbocycles. The Labute approximate surface area is 176 Å². The number of amides is 1. The highest BCUT2D eigenvalue weighted by atomic mass is 32.2. The van der Waals surface area contributed by atoms with E-state index in [0.29, 0.717) is 37.5 Å². The fourth-order valence-electron chi connectivity index (χ4n) is 3.13. The summed E-state index contributed by atoms with van der Waals surface area (Å²) in [5.74, 6) is -0.620. The zero-order chi connectivity index (χ0) is 21.7. The highest BCUT2D eigenvalue weighted by Crippen LogP contribution is 2.18. The number of hydrazone groups is 1. The van der Waals surface area contributed by atoms with Crippen molar-refractivity contribution < 1.29 is 17.6 Å². The number of nitrogens with one attached hydrogen (secondary N) is 1. The number of halogens is 1. The number of sulfonamides is 1. The van der Waals surface area contributed by atoms with Gasteiger partial charge >= 0.3 is 0 Å². The molecule has 0 radical (unpaired) electrons. The summed E-state index contributed by atoms with van der Waals surface area (Å²) in [4.78, 5) is 14.4. The average molecular weight is 433 g/mol. The molecule has 0 spiro atoms. The van der Waals surface area contributed by atoms with Gasteiger partial charge in [0.15, 0.2) is 0 Å². The monoisotopic (exact) mass is 432 g/mol. The van der Waals surface area contributed by atoms with E-state index >= 15 is 0 Å². The van der Waals surface area contributed by atoms with E-state index < -0.39 is 10.0 Å². The van der Waals surface area contributed by atoms with Gasteiger partial charge in [-0.15, -0.1) is 0 Å². The van der Waals surface area contributed by atoms with Crippen LogP contribution in [0.5, 0.6) is 0 Å². The topological polar surface area (TPSA) is 82.1 Å². The molecule has 7 nitrogen and oxygen atoms in total. The summed E-state index contributed by atoms with van der Waals surface area (Å²) in [7, 11) is -3.53. The maximum atomic E-state index is 13.0. The molecule has 30 heavy (non-hydrogen) atoms. The number of carbonyl (C=O) groups is 1. The minimum absolute atomic E-state index is 0.124. The van der Waals surface area contributed by atoms with E-state index in [-0.39, 0.29) is 23.2 Å². The van der Waals surface area contributed by atoms with Gasteiger partial charge < -0.3 is 0 Å². The van der Waals surface area contributed by atoms with Gasteiger partial charge in [-0.25, -0.2) is 18.2 Å². The Morgan fingerprint density at radius 3 is 2.23 bits per heavy atom. The van der Waals surface area contributed by atoms with Crippen LogP contribution >= 0.6 is 0 Å². The maximum absolute atomic E-state index is 13.0. The summed E-state index contributed by atoms with van der Waals surface area (Å²) >= 11 is 0. The number of hydrogen-bond donors (Lipinski definition) is 1. The quantitative estimate of drug-likeness (QED) is 0.559. The molecule has 160 valence electrons. The third-order valence-electron chi connectivity index (χ3n) is 4.97. The number of hydrogen-bond acceptors (Lipinski definition) is 5. The minimum atomic E-state index is -3.53. The van der Waals surface area contributed by atoms with Crippen molar-refractivity contribution in [3.8, 4) is 0 Å². The van der Waals surface area contributed by atoms with E-state index in [4.69, 9.17) is 0 Å². The molecule has 1 saturated heterocycles. The van der Waals surface area contributed by atoms with Crippen LogP contribution in [0.15, 0.2) is 58.5 Å². The van der Waals surface area contributed by atoms with Gasteiger partial charge in [-0.05, 0) is 43.7 Å². The van der Waals surface area contributed by atoms with Gasteiger partial charge in [-0.2, -0.15) is 9.41 Å². The van der Waals surface area contributed by atoms with Crippen molar-refractivity contribution in [3.05, 3.63) is 65.5 Å². The number of rotatable bonds is 6. The van der Waals surface area contributed by atoms with E-state index in [1.165, 1.54) is 16.4 Å². The second-order valence-electron chi connectivity index (χ2n) is 7.23. The highest BCUT2D eigenvalue weighted by Gasteiger charge is 2.28. The van der Waals surface area contributed by atoms with Crippen molar-refractivity contribution in [1.82, 2.24) is 14.6 Å². The molecule has 0 aromatic heterocycles. The first kappa shape index (κ1) is 22.1. The average Bonchev–Trinajstić information content (AvgIpc) is 2.73. The van der Waals surface area contributed by atoms with E-state index in [0.717, 1.165) is 5.56 Å². The molecule has 0 saturated carbocycles. The third kappa shape index (κ3) is 5.50. The molecule has 0 bridgehead atoms. The summed E-state index contributed by atoms with van der Waals surface area (Å²) in [6.45, 7) is 5.31. The Balaban J connectivity index is 1.50. The zero-order valence-corrected chi connectivity index (χ0v) is 17.8. The van der Waals surface area contributed by atoms with E-state index in [2.05, 4.69) is 10.5 Å². The van der Waals surface area contributed by atoms with Gasteiger partial charge in [0.05, 0.1) is 17.2 Å². The second-order valence-corrected chi connectivity index (χ2v) is 9.17. The SMILES string of the molecule is CC(=NNC(=O)CN1CCN(S(=O)(=O)c2ccc(C)cc2)CC1)c1ccc(F)cc1. The van der Waals surface area contributed by atoms with Gasteiger partial charge in [-0.3, -0.25) is 9.69 Å². The van der Waals surface area contributed by atoms with Crippen molar-refractivity contribution in [2.45, 2.75) is 18.7 Å². The van der Waals surface area contributed by atoms with Crippen LogP contribution < -0.4 is 5.43 Å². The molecule has 0 aliphatic carbocycles. The first-order valence-electron chi connectivity index (χ1n) is 9.64. The number of aryl methyl sites for hydroxylation is 1. The van der Waals surface area contributed by atoms with Crippen LogP contribution in [0.25, 0.3) is 0 Å². The highest BCUT2D eigenvalue weighted by molar-refractivity contribution is 7.89. The van der Waals surface area contributed by atoms with Gasteiger partial charge in [0.2, 0.25) is 10.0 Å². The van der Waals surface area contributed by atoms with Crippen molar-refractivity contribution >= 4 is 21.6 Å². The van der Waals surface area contributed by atoms with Crippen LogP contribution in [0.1, 0.15) is 18.1 Å². The van der Waals surface area contributed by atoms with Crippen LogP contribution in [-0.2, 0) is 14.8 Å². The standard InChI is InChI=1S/C21H25FN4O3S/c1-16-3-9-20(10-4-16)30(28,29)26-13-11-25(12-14-26)15-21(27)24-23-17(2)18-5-7-19(22)8-6-18/h3-10H,11-15H2,1-2H3,(H,24,27). The Kier molecular flexibility index (Phi) is 6.96. The Bertz CT molecular complexity index is 1010. The molecule has 0 unspecified atom stereocenters. The molecule has 1 amide bonds. The van der Waals surface area contributed by atoms with Crippen molar-refractivity contribution in [3.63, 3.8) is 0 Å². The van der Waals surface area contributed by atoms with E-state index in [1.54, 1.807) is 43.3 Å². The molecular formula is C21H25FN4O3S. The van der Waals surface area contributed by atoms with Crippen molar-refractivity contribution in [1.29, 1.82) is 0 Å². The van der Waals surface area contributed by atoms with Crippen LogP contribution in [0.4, 0.5) is 4.39 Å². The number of benzene rings is 2. The van der Waals surface area contributed by atoms with Gasteiger partial charge in [0.25, 0.3) is 5.91 Å². The molecule has 1 aliphatic rings. The van der Waals surface area contributed by atoms with Gasteiger partial charge in [-0.1, -0.05) is 29.8 Å². The van der Waals surface area contributed by atoms with E-state index in [1.807, 2.05) is 11.8 Å². The fourth-order valence-corrected chi connectivity index (χ4v) is 4.55. The molecule has 3 rings (SSSR count). The lowest BCUT2D eigenvalue weighted by molar-refractivity contribution is -0.122. The van der Waals surface area contributed by atoms with Crippen LogP contribution in [0, 0.1) is 12.7 Å². The predicted molar refractivity (Wildman–Crippen MR) is 113 cm³/mol. The lowest BCUT2D eigenvalue weighted by atomic mass is 10.1. The summed E-state index contributed by atoms with van der Waals surface area (Å²) in [6.07, 6.45) is 0. The predicted octanol–water partition coefficient (Wildman–Crippen LogP) is 1.98. The van der Waals surface area contributed by atoms with Crippen LogP contribution in [0.2, 0.25) is 0 Å². The summed E-state index contributed by atoms with van der Waals surface area (Å²) in [5, 5.41) is 4.05. The van der Waals surface area contributed by atoms with Gasteiger partial charge in [0, 0.05) is 26.2 Å². The Hall–Kier alpha value is -2.62. The summed E-state index contributed by atoms with van der Waals surface area (Å²) in [6, 6.07) is 12.6. The smallest absolute Gasteiger partial charge is 0.254 e. The normalized spacial score (nSPS) is 16.4. The number of carbonyl (C=O) groups excluding carboxylic acids is 1. The number of nitrogens with zero attached hydrogens (tertiary/aromatic N) is 3. The van der Waals surface area contributed by atoms with E-state index in [9.17, 15) is 17.6 Å². The van der Waals surface area contributed by atoms with Crippen molar-refractivity contribution in [2.24, 2.45) is 5.10 Å². The molecule has 1 aliphatic heterocycles. The third-order valence-corrected chi connectivity index (χ3v) is 6.88. The minimum Gasteiger partial charge on any atom is -0.292 e. The molecule has 1 N–H and O–H groups in total. The largest absolute Gasteiger partial charge is 0.292 e. The summed E-state index contributed by atoms with van der Waals surface area (Å²) < 4.78 is 39.9. The summed E-state index contributed by atoms with van der Waals surface area (Å²) in [5.41, 5.74) is 4.78. The van der Waals surface area contributed by atoms with Gasteiger partial charge in [0.1, 0.15) is 5.82 Å². The fraction of sp³-hybridized carbons (Fsp3) is 0.333. The van der Waals surface area contributed by atoms with Crippen LogP contribution in [-0.4, -0.2) is 62.0 Å². The lowest BCUT2D eigenvalue weighted by Gasteiger charge is -2.33. The second kappa shape index (κ2) is 9.46. The first-order chi connectivity index (χ1) is 14.3. The maximum Gasteiger partial charge on any atom is 0.254 e. The number of piperazine rings is 1. The Morgan fingerprint density at radius 2 is 1.63 bits per heavy atom. The first-order valence-corrected chi connectivity index (χ1v) is 11.1. The molecule has 1 fully saturated rings.